The van der Waals surface area contributed by atoms with Crippen LogP contribution in [0.1, 0.15) is 48.0 Å². The maximum absolute atomic E-state index is 13.8. The lowest BCUT2D eigenvalue weighted by Crippen LogP contribution is -2.43. The zero-order valence-electron chi connectivity index (χ0n) is 26.2. The van der Waals surface area contributed by atoms with Gasteiger partial charge in [-0.15, -0.1) is 0 Å². The van der Waals surface area contributed by atoms with Crippen molar-refractivity contribution in [1.82, 2.24) is 14.8 Å². The van der Waals surface area contributed by atoms with Gasteiger partial charge in [-0.1, -0.05) is 20.8 Å². The minimum atomic E-state index is -0.798. The molecule has 2 unspecified atom stereocenters. The molecule has 1 aliphatic rings. The summed E-state index contributed by atoms with van der Waals surface area (Å²) in [5, 5.41) is 12.2. The van der Waals surface area contributed by atoms with Crippen molar-refractivity contribution in [2.24, 2.45) is 11.8 Å². The highest BCUT2D eigenvalue weighted by molar-refractivity contribution is 5.99. The SMILES string of the molecule is CC(C)C.CN(CC(=O)N1CC(C=O)CC1C#N)C(=O)c1cc2c(F)cc(F)cc2[nH]1.CNc1ccc(C=O)cc1.COC. The molecule has 44 heavy (non-hydrogen) atoms. The Balaban J connectivity index is 0.000000467. The summed E-state index contributed by atoms with van der Waals surface area (Å²) in [6, 6.07) is 11.6. The van der Waals surface area contributed by atoms with Gasteiger partial charge in [0.1, 0.15) is 35.9 Å². The van der Waals surface area contributed by atoms with Gasteiger partial charge in [-0.2, -0.15) is 5.26 Å². The van der Waals surface area contributed by atoms with Gasteiger partial charge < -0.3 is 29.6 Å². The van der Waals surface area contributed by atoms with Crippen LogP contribution in [0.3, 0.4) is 0 Å². The summed E-state index contributed by atoms with van der Waals surface area (Å²) < 4.78 is 31.3. The van der Waals surface area contributed by atoms with E-state index in [0.717, 1.165) is 34.9 Å². The molecule has 12 heteroatoms. The molecule has 4 rings (SSSR count). The molecule has 1 saturated heterocycles. The normalized spacial score (nSPS) is 15.0. The number of hydrogen-bond acceptors (Lipinski definition) is 7. The lowest BCUT2D eigenvalue weighted by molar-refractivity contribution is -0.131. The van der Waals surface area contributed by atoms with E-state index in [9.17, 15) is 28.0 Å². The van der Waals surface area contributed by atoms with Gasteiger partial charge in [0.2, 0.25) is 5.91 Å². The predicted molar refractivity (Wildman–Crippen MR) is 165 cm³/mol. The van der Waals surface area contributed by atoms with Gasteiger partial charge in [-0.25, -0.2) is 8.78 Å². The molecule has 2 amide bonds. The first kappa shape index (κ1) is 37.4. The number of methoxy groups -OCH3 is 1. The average molecular weight is 614 g/mol. The number of nitrogens with zero attached hydrogens (tertiary/aromatic N) is 3. The molecule has 0 aliphatic carbocycles. The van der Waals surface area contributed by atoms with Crippen LogP contribution in [-0.2, 0) is 14.3 Å². The highest BCUT2D eigenvalue weighted by atomic mass is 19.1. The summed E-state index contributed by atoms with van der Waals surface area (Å²) in [4.78, 5) is 51.1. The van der Waals surface area contributed by atoms with Crippen LogP contribution in [-0.4, -0.2) is 86.6 Å². The number of likely N-dealkylation sites (tertiary alicyclic amines) is 1. The highest BCUT2D eigenvalue weighted by Gasteiger charge is 2.35. The van der Waals surface area contributed by atoms with Crippen LogP contribution in [0.5, 0.6) is 0 Å². The van der Waals surface area contributed by atoms with Crippen molar-refractivity contribution >= 4 is 41.0 Å². The molecule has 2 N–H and O–H groups in total. The maximum atomic E-state index is 13.8. The number of aromatic amines is 1. The van der Waals surface area contributed by atoms with Crippen molar-refractivity contribution in [2.75, 3.05) is 46.7 Å². The lowest BCUT2D eigenvalue weighted by Gasteiger charge is -2.23. The first-order valence-corrected chi connectivity index (χ1v) is 13.9. The smallest absolute Gasteiger partial charge is 0.270 e. The molecule has 1 fully saturated rings. The number of aromatic nitrogens is 1. The molecule has 2 atom stereocenters. The number of carbonyl (C=O) groups excluding carboxylic acids is 4. The van der Waals surface area contributed by atoms with Gasteiger partial charge in [-0.3, -0.25) is 14.4 Å². The number of rotatable bonds is 6. The van der Waals surface area contributed by atoms with Gasteiger partial charge in [0.15, 0.2) is 0 Å². The van der Waals surface area contributed by atoms with Gasteiger partial charge in [0.05, 0.1) is 18.1 Å². The fraction of sp³-hybridized carbons (Fsp3) is 0.406. The number of nitriles is 1. The van der Waals surface area contributed by atoms with Crippen molar-refractivity contribution in [3.8, 4) is 6.07 Å². The van der Waals surface area contributed by atoms with Gasteiger partial charge in [0.25, 0.3) is 5.91 Å². The van der Waals surface area contributed by atoms with Crippen LogP contribution in [0.4, 0.5) is 14.5 Å². The number of halogens is 2. The van der Waals surface area contributed by atoms with Crippen molar-refractivity contribution in [1.29, 1.82) is 5.26 Å². The molecule has 10 nitrogen and oxygen atoms in total. The van der Waals surface area contributed by atoms with E-state index in [-0.39, 0.29) is 36.1 Å². The fourth-order valence-electron chi connectivity index (χ4n) is 3.94. The Hall–Kier alpha value is -4.63. The number of carbonyl (C=O) groups is 4. The summed E-state index contributed by atoms with van der Waals surface area (Å²) in [5.41, 5.74) is 1.87. The molecule has 2 heterocycles. The quantitative estimate of drug-likeness (QED) is 0.377. The third-order valence-electron chi connectivity index (χ3n) is 5.93. The third kappa shape index (κ3) is 11.6. The van der Waals surface area contributed by atoms with E-state index in [1.54, 1.807) is 26.4 Å². The fourth-order valence-corrected chi connectivity index (χ4v) is 3.94. The number of H-pyrrole nitrogens is 1. The Bertz CT molecular complexity index is 1420. The molecule has 1 aliphatic heterocycles. The second kappa shape index (κ2) is 18.8. The van der Waals surface area contributed by atoms with Gasteiger partial charge in [-0.05, 0) is 48.7 Å². The molecule has 2 aromatic carbocycles. The largest absolute Gasteiger partial charge is 0.388 e. The van der Waals surface area contributed by atoms with Gasteiger partial charge in [0, 0.05) is 63.5 Å². The Morgan fingerprint density at radius 2 is 1.75 bits per heavy atom. The standard InChI is InChI=1S/C18H16F2N4O3.C8H9NO.C4H10.C2H6O/c1-23(8-17(26)24-7-10(9-25)2-12(24)6-21)18(27)16-5-13-14(20)3-11(19)4-15(13)22-16;1-9-8-4-2-7(6-10)3-5-8;1-4(2)3;1-3-2/h3-5,9-10,12,22H,2,7-8H2,1H3;2-6,9H,1H3;4H,1-3H3;1-2H3. The molecule has 1 aromatic heterocycles. The van der Waals surface area contributed by atoms with E-state index in [1.807, 2.05) is 25.2 Å². The first-order chi connectivity index (χ1) is 20.8. The predicted octanol–water partition coefficient (Wildman–Crippen LogP) is 4.92. The molecular formula is C32H41F2N5O5. The van der Waals surface area contributed by atoms with E-state index >= 15 is 0 Å². The van der Waals surface area contributed by atoms with Crippen LogP contribution in [0, 0.1) is 34.8 Å². The number of benzene rings is 2. The topological polar surface area (TPSA) is 136 Å². The number of hydrogen-bond donors (Lipinski definition) is 2. The minimum Gasteiger partial charge on any atom is -0.388 e. The third-order valence-corrected chi connectivity index (χ3v) is 5.93. The van der Waals surface area contributed by atoms with E-state index in [1.165, 1.54) is 18.0 Å². The number of nitrogens with one attached hydrogen (secondary N) is 2. The van der Waals surface area contributed by atoms with E-state index in [0.29, 0.717) is 11.8 Å². The lowest BCUT2D eigenvalue weighted by atomic mass is 10.1. The second-order valence-corrected chi connectivity index (χ2v) is 10.6. The van der Waals surface area contributed by atoms with E-state index in [2.05, 4.69) is 35.8 Å². The van der Waals surface area contributed by atoms with Crippen LogP contribution in [0.15, 0.2) is 42.5 Å². The molecule has 0 saturated carbocycles. The number of anilines is 1. The zero-order valence-corrected chi connectivity index (χ0v) is 26.2. The minimum absolute atomic E-state index is 0.00817. The van der Waals surface area contributed by atoms with Crippen LogP contribution >= 0.6 is 0 Å². The van der Waals surface area contributed by atoms with E-state index in [4.69, 9.17) is 5.26 Å². The summed E-state index contributed by atoms with van der Waals surface area (Å²) >= 11 is 0. The van der Waals surface area contributed by atoms with Crippen LogP contribution in [0.2, 0.25) is 0 Å². The molecular weight excluding hydrogens is 572 g/mol. The molecule has 0 spiro atoms. The van der Waals surface area contributed by atoms with Gasteiger partial charge >= 0.3 is 0 Å². The molecule has 0 radical (unpaired) electrons. The average Bonchev–Trinajstić information content (AvgIpc) is 3.62. The monoisotopic (exact) mass is 613 g/mol. The number of amides is 2. The summed E-state index contributed by atoms with van der Waals surface area (Å²) in [7, 11) is 6.48. The Morgan fingerprint density at radius 3 is 2.25 bits per heavy atom. The van der Waals surface area contributed by atoms with E-state index < -0.39 is 35.4 Å². The highest BCUT2D eigenvalue weighted by Crippen LogP contribution is 2.23. The number of likely N-dealkylation sites (N-methyl/N-ethyl adjacent to an activating group) is 1. The van der Waals surface area contributed by atoms with Crippen LogP contribution < -0.4 is 5.32 Å². The summed E-state index contributed by atoms with van der Waals surface area (Å²) in [6.07, 6.45) is 1.82. The van der Waals surface area contributed by atoms with Crippen LogP contribution in [0.25, 0.3) is 10.9 Å². The second-order valence-electron chi connectivity index (χ2n) is 10.6. The van der Waals surface area contributed by atoms with Crippen molar-refractivity contribution in [3.05, 3.63) is 65.4 Å². The maximum Gasteiger partial charge on any atom is 0.270 e. The first-order valence-electron chi connectivity index (χ1n) is 13.9. The number of ether oxygens (including phenoxy) is 1. The molecule has 238 valence electrons. The number of aldehydes is 2. The summed E-state index contributed by atoms with van der Waals surface area (Å²) in [5.74, 6) is -2.18. The number of fused-ring (bicyclic) bond motifs is 1. The van der Waals surface area contributed by atoms with Crippen molar-refractivity contribution in [2.45, 2.75) is 33.2 Å². The Morgan fingerprint density at radius 1 is 1.16 bits per heavy atom. The Labute approximate surface area is 257 Å². The molecule has 3 aromatic rings. The summed E-state index contributed by atoms with van der Waals surface area (Å²) in [6.45, 7) is 6.33. The zero-order chi connectivity index (χ0) is 33.4. The Kier molecular flexibility index (Phi) is 16.0. The van der Waals surface area contributed by atoms with Crippen molar-refractivity contribution < 1.29 is 32.7 Å². The molecule has 0 bridgehead atoms. The van der Waals surface area contributed by atoms with Crippen molar-refractivity contribution in [3.63, 3.8) is 0 Å².